The van der Waals surface area contributed by atoms with E-state index in [4.69, 9.17) is 10.1 Å². The van der Waals surface area contributed by atoms with Crippen molar-refractivity contribution in [1.29, 1.82) is 0 Å². The molecule has 0 saturated carbocycles. The first kappa shape index (κ1) is 21.2. The average Bonchev–Trinajstić information content (AvgIpc) is 2.77. The van der Waals surface area contributed by atoms with E-state index in [2.05, 4.69) is 21.2 Å². The van der Waals surface area contributed by atoms with E-state index in [1.807, 2.05) is 48.5 Å². The molecule has 0 aliphatic rings. The molecule has 0 fully saturated rings. The molecule has 1 heterocycles. The van der Waals surface area contributed by atoms with E-state index >= 15 is 0 Å². The van der Waals surface area contributed by atoms with Crippen LogP contribution in [0.5, 0.6) is 0 Å². The number of hydrogen-bond donors (Lipinski definition) is 2. The lowest BCUT2D eigenvalue weighted by molar-refractivity contribution is 0.0952. The molecule has 0 saturated heterocycles. The molecule has 6 nitrogen and oxygen atoms in total. The number of carbonyl (C=O) groups is 1. The standard InChI is InChI=1S/C23H18BrN3O3S/c24-17-9-7-16(8-10-17)22-13-20(19-3-1-2-4-21(19)27-22)23(28)26-14-15-5-11-18(12-6-15)31(25,29)30/h1-13H,14H2,(H,26,28)(H2,25,29,30). The molecule has 0 aliphatic heterocycles. The van der Waals surface area contributed by atoms with Gasteiger partial charge in [-0.05, 0) is 42.0 Å². The Morgan fingerprint density at radius 1 is 0.968 bits per heavy atom. The molecule has 4 rings (SSSR count). The summed E-state index contributed by atoms with van der Waals surface area (Å²) in [6.45, 7) is 0.244. The first-order valence-corrected chi connectivity index (χ1v) is 11.7. The van der Waals surface area contributed by atoms with E-state index in [1.165, 1.54) is 12.1 Å². The van der Waals surface area contributed by atoms with Crippen molar-refractivity contribution >= 4 is 42.8 Å². The Balaban J connectivity index is 1.63. The van der Waals surface area contributed by atoms with Gasteiger partial charge in [-0.2, -0.15) is 0 Å². The van der Waals surface area contributed by atoms with Gasteiger partial charge in [-0.1, -0.05) is 58.4 Å². The molecular formula is C23H18BrN3O3S. The van der Waals surface area contributed by atoms with Gasteiger partial charge >= 0.3 is 0 Å². The first-order chi connectivity index (χ1) is 14.8. The molecule has 0 aliphatic carbocycles. The number of halogens is 1. The summed E-state index contributed by atoms with van der Waals surface area (Å²) < 4.78 is 23.7. The second-order valence-electron chi connectivity index (χ2n) is 6.95. The molecule has 0 radical (unpaired) electrons. The summed E-state index contributed by atoms with van der Waals surface area (Å²) in [6.07, 6.45) is 0. The van der Waals surface area contributed by atoms with Crippen LogP contribution in [0, 0.1) is 0 Å². The highest BCUT2D eigenvalue weighted by Gasteiger charge is 2.14. The van der Waals surface area contributed by atoms with Gasteiger partial charge in [0.1, 0.15) is 0 Å². The predicted molar refractivity (Wildman–Crippen MR) is 124 cm³/mol. The molecule has 8 heteroatoms. The number of rotatable bonds is 5. The largest absolute Gasteiger partial charge is 0.348 e. The molecule has 1 aromatic heterocycles. The molecule has 0 bridgehead atoms. The van der Waals surface area contributed by atoms with Crippen molar-refractivity contribution in [2.24, 2.45) is 5.14 Å². The number of benzene rings is 3. The minimum atomic E-state index is -3.75. The molecule has 1 amide bonds. The summed E-state index contributed by atoms with van der Waals surface area (Å²) in [5, 5.41) is 8.78. The van der Waals surface area contributed by atoms with Crippen LogP contribution in [0.15, 0.2) is 88.2 Å². The summed E-state index contributed by atoms with van der Waals surface area (Å²) in [7, 11) is -3.75. The molecule has 3 N–H and O–H groups in total. The summed E-state index contributed by atoms with van der Waals surface area (Å²) in [6, 6.07) is 23.1. The van der Waals surface area contributed by atoms with Gasteiger partial charge in [0, 0.05) is 22.0 Å². The van der Waals surface area contributed by atoms with Crippen LogP contribution in [0.25, 0.3) is 22.2 Å². The van der Waals surface area contributed by atoms with Crippen LogP contribution in [-0.4, -0.2) is 19.3 Å². The zero-order chi connectivity index (χ0) is 22.0. The Hall–Kier alpha value is -3.07. The van der Waals surface area contributed by atoms with Gasteiger partial charge in [-0.25, -0.2) is 18.5 Å². The highest BCUT2D eigenvalue weighted by atomic mass is 79.9. The van der Waals surface area contributed by atoms with E-state index in [9.17, 15) is 13.2 Å². The Labute approximate surface area is 188 Å². The Morgan fingerprint density at radius 2 is 1.65 bits per heavy atom. The number of nitrogens with one attached hydrogen (secondary N) is 1. The Morgan fingerprint density at radius 3 is 2.32 bits per heavy atom. The lowest BCUT2D eigenvalue weighted by Gasteiger charge is -2.11. The van der Waals surface area contributed by atoms with E-state index in [0.717, 1.165) is 26.5 Å². The van der Waals surface area contributed by atoms with E-state index in [-0.39, 0.29) is 17.3 Å². The molecule has 0 atom stereocenters. The van der Waals surface area contributed by atoms with Crippen molar-refractivity contribution < 1.29 is 13.2 Å². The smallest absolute Gasteiger partial charge is 0.252 e. The van der Waals surface area contributed by atoms with E-state index < -0.39 is 10.0 Å². The number of nitrogens with two attached hydrogens (primary N) is 1. The van der Waals surface area contributed by atoms with Crippen LogP contribution in [0.1, 0.15) is 15.9 Å². The van der Waals surface area contributed by atoms with Crippen molar-refractivity contribution in [3.63, 3.8) is 0 Å². The third kappa shape index (κ3) is 4.82. The number of para-hydroxylation sites is 1. The minimum Gasteiger partial charge on any atom is -0.348 e. The van der Waals surface area contributed by atoms with Gasteiger partial charge in [0.25, 0.3) is 5.91 Å². The van der Waals surface area contributed by atoms with Crippen molar-refractivity contribution in [1.82, 2.24) is 10.3 Å². The number of aromatic nitrogens is 1. The van der Waals surface area contributed by atoms with Crippen molar-refractivity contribution in [2.45, 2.75) is 11.4 Å². The number of nitrogens with zero attached hydrogens (tertiary/aromatic N) is 1. The van der Waals surface area contributed by atoms with E-state index in [1.54, 1.807) is 18.2 Å². The molecule has 4 aromatic rings. The zero-order valence-corrected chi connectivity index (χ0v) is 18.7. The summed E-state index contributed by atoms with van der Waals surface area (Å²) >= 11 is 3.43. The van der Waals surface area contributed by atoms with Crippen LogP contribution in [0.3, 0.4) is 0 Å². The highest BCUT2D eigenvalue weighted by molar-refractivity contribution is 9.10. The van der Waals surface area contributed by atoms with Gasteiger partial charge in [0.15, 0.2) is 0 Å². The predicted octanol–water partition coefficient (Wildman–Crippen LogP) is 4.24. The Kier molecular flexibility index (Phi) is 5.86. The number of carbonyl (C=O) groups excluding carboxylic acids is 1. The van der Waals surface area contributed by atoms with Crippen LogP contribution in [-0.2, 0) is 16.6 Å². The fraction of sp³-hybridized carbons (Fsp3) is 0.0435. The fourth-order valence-electron chi connectivity index (χ4n) is 3.21. The van der Waals surface area contributed by atoms with Gasteiger partial charge in [-0.15, -0.1) is 0 Å². The molecule has 156 valence electrons. The molecule has 31 heavy (non-hydrogen) atoms. The number of pyridine rings is 1. The maximum atomic E-state index is 13.0. The van der Waals surface area contributed by atoms with Crippen LogP contribution >= 0.6 is 15.9 Å². The van der Waals surface area contributed by atoms with Gasteiger partial charge in [-0.3, -0.25) is 4.79 Å². The minimum absolute atomic E-state index is 0.0295. The second-order valence-corrected chi connectivity index (χ2v) is 9.43. The van der Waals surface area contributed by atoms with Crippen molar-refractivity contribution in [3.05, 3.63) is 94.5 Å². The molecular weight excluding hydrogens is 478 g/mol. The molecule has 0 spiro atoms. The SMILES string of the molecule is NS(=O)(=O)c1ccc(CNC(=O)c2cc(-c3ccc(Br)cc3)nc3ccccc23)cc1. The topological polar surface area (TPSA) is 102 Å². The van der Waals surface area contributed by atoms with E-state index in [0.29, 0.717) is 11.3 Å². The monoisotopic (exact) mass is 495 g/mol. The van der Waals surface area contributed by atoms with Crippen molar-refractivity contribution in [3.8, 4) is 11.3 Å². The lowest BCUT2D eigenvalue weighted by Crippen LogP contribution is -2.23. The quantitative estimate of drug-likeness (QED) is 0.432. The van der Waals surface area contributed by atoms with Gasteiger partial charge in [0.05, 0.1) is 21.7 Å². The third-order valence-corrected chi connectivity index (χ3v) is 6.26. The number of primary sulfonamides is 1. The second kappa shape index (κ2) is 8.58. The van der Waals surface area contributed by atoms with Crippen LogP contribution in [0.4, 0.5) is 0 Å². The maximum Gasteiger partial charge on any atom is 0.252 e. The summed E-state index contributed by atoms with van der Waals surface area (Å²) in [4.78, 5) is 17.8. The summed E-state index contributed by atoms with van der Waals surface area (Å²) in [5.41, 5.74) is 3.61. The number of fused-ring (bicyclic) bond motifs is 1. The summed E-state index contributed by atoms with van der Waals surface area (Å²) in [5.74, 6) is -0.243. The van der Waals surface area contributed by atoms with Crippen LogP contribution in [0.2, 0.25) is 0 Å². The normalized spacial score (nSPS) is 11.4. The third-order valence-electron chi connectivity index (χ3n) is 4.81. The van der Waals surface area contributed by atoms with Crippen LogP contribution < -0.4 is 10.5 Å². The zero-order valence-electron chi connectivity index (χ0n) is 16.2. The first-order valence-electron chi connectivity index (χ1n) is 9.37. The maximum absolute atomic E-state index is 13.0. The van der Waals surface area contributed by atoms with Crippen molar-refractivity contribution in [2.75, 3.05) is 0 Å². The average molecular weight is 496 g/mol. The number of hydrogen-bond acceptors (Lipinski definition) is 4. The molecule has 0 unspecified atom stereocenters. The van der Waals surface area contributed by atoms with Gasteiger partial charge < -0.3 is 5.32 Å². The lowest BCUT2D eigenvalue weighted by atomic mass is 10.0. The number of sulfonamides is 1. The van der Waals surface area contributed by atoms with Gasteiger partial charge in [0.2, 0.25) is 10.0 Å². The molecule has 3 aromatic carbocycles. The highest BCUT2D eigenvalue weighted by Crippen LogP contribution is 2.26. The Bertz CT molecular complexity index is 1370. The fourth-order valence-corrected chi connectivity index (χ4v) is 3.99. The number of amides is 1.